The van der Waals surface area contributed by atoms with Crippen molar-refractivity contribution in [1.82, 2.24) is 0 Å². The van der Waals surface area contributed by atoms with Gasteiger partial charge < -0.3 is 20.4 Å². The summed E-state index contributed by atoms with van der Waals surface area (Å²) < 4.78 is 0. The molecular formula is C6H14O4S. The zero-order chi connectivity index (χ0) is 8.91. The number of aliphatic hydroxyl groups excluding tert-OH is 1. The smallest absolute Gasteiger partial charge is 0.224 e. The SMILES string of the molecule is CCCSCC(O)(O)C(O)O. The molecule has 4 nitrogen and oxygen atoms in total. The molecule has 0 rings (SSSR count). The zero-order valence-corrected chi connectivity index (χ0v) is 7.21. The Hall–Kier alpha value is 0.190. The van der Waals surface area contributed by atoms with Crippen LogP contribution in [0.3, 0.4) is 0 Å². The van der Waals surface area contributed by atoms with Gasteiger partial charge in [-0.3, -0.25) is 0 Å². The largest absolute Gasteiger partial charge is 0.364 e. The van der Waals surface area contributed by atoms with E-state index in [0.717, 1.165) is 12.2 Å². The van der Waals surface area contributed by atoms with Gasteiger partial charge in [-0.2, -0.15) is 11.8 Å². The summed E-state index contributed by atoms with van der Waals surface area (Å²) in [5.41, 5.74) is 0. The highest BCUT2D eigenvalue weighted by molar-refractivity contribution is 7.99. The first kappa shape index (κ1) is 11.2. The van der Waals surface area contributed by atoms with E-state index in [1.807, 2.05) is 6.92 Å². The van der Waals surface area contributed by atoms with Gasteiger partial charge in [0.05, 0.1) is 5.75 Å². The molecule has 0 amide bonds. The number of thioether (sulfide) groups is 1. The molecule has 4 N–H and O–H groups in total. The lowest BCUT2D eigenvalue weighted by atomic mass is 10.3. The van der Waals surface area contributed by atoms with Crippen molar-refractivity contribution in [2.24, 2.45) is 0 Å². The molecule has 0 aromatic carbocycles. The molecule has 68 valence electrons. The normalized spacial score (nSPS) is 12.5. The number of hydrogen-bond acceptors (Lipinski definition) is 5. The van der Waals surface area contributed by atoms with Gasteiger partial charge in [0.25, 0.3) is 0 Å². The zero-order valence-electron chi connectivity index (χ0n) is 6.40. The molecule has 0 heterocycles. The van der Waals surface area contributed by atoms with Crippen LogP contribution in [-0.4, -0.2) is 44.0 Å². The topological polar surface area (TPSA) is 80.9 Å². The van der Waals surface area contributed by atoms with E-state index in [9.17, 15) is 0 Å². The highest BCUT2D eigenvalue weighted by atomic mass is 32.2. The Morgan fingerprint density at radius 1 is 1.36 bits per heavy atom. The predicted octanol–water partition coefficient (Wildman–Crippen LogP) is -0.879. The Labute approximate surface area is 69.9 Å². The van der Waals surface area contributed by atoms with E-state index in [4.69, 9.17) is 20.4 Å². The van der Waals surface area contributed by atoms with E-state index in [1.165, 1.54) is 11.8 Å². The van der Waals surface area contributed by atoms with Crippen LogP contribution in [0.2, 0.25) is 0 Å². The number of hydrogen-bond donors (Lipinski definition) is 4. The molecule has 0 aromatic heterocycles. The summed E-state index contributed by atoms with van der Waals surface area (Å²) >= 11 is 1.27. The Kier molecular flexibility index (Phi) is 5.03. The fourth-order valence-corrected chi connectivity index (χ4v) is 1.32. The van der Waals surface area contributed by atoms with Gasteiger partial charge in [0, 0.05) is 0 Å². The van der Waals surface area contributed by atoms with Crippen molar-refractivity contribution in [2.45, 2.75) is 25.4 Å². The molecule has 0 aliphatic rings. The van der Waals surface area contributed by atoms with Crippen molar-refractivity contribution < 1.29 is 20.4 Å². The lowest BCUT2D eigenvalue weighted by Crippen LogP contribution is -2.44. The van der Waals surface area contributed by atoms with E-state index >= 15 is 0 Å². The quantitative estimate of drug-likeness (QED) is 0.328. The molecule has 0 aliphatic carbocycles. The minimum absolute atomic E-state index is 0.0848. The summed E-state index contributed by atoms with van der Waals surface area (Å²) in [6, 6.07) is 0. The van der Waals surface area contributed by atoms with Gasteiger partial charge in [0.15, 0.2) is 0 Å². The molecule has 11 heavy (non-hydrogen) atoms. The van der Waals surface area contributed by atoms with Crippen LogP contribution in [0.5, 0.6) is 0 Å². The standard InChI is InChI=1S/C6H14O4S/c1-2-3-11-4-6(9,10)5(7)8/h5,7-10H,2-4H2,1H3. The molecule has 0 fully saturated rings. The summed E-state index contributed by atoms with van der Waals surface area (Å²) in [5, 5.41) is 34.5. The number of rotatable bonds is 5. The third-order valence-corrected chi connectivity index (χ3v) is 2.40. The molecular weight excluding hydrogens is 168 g/mol. The highest BCUT2D eigenvalue weighted by Crippen LogP contribution is 2.13. The third kappa shape index (κ3) is 4.60. The molecule has 5 heteroatoms. The maximum Gasteiger partial charge on any atom is 0.224 e. The maximum absolute atomic E-state index is 8.85. The lowest BCUT2D eigenvalue weighted by Gasteiger charge is -2.22. The van der Waals surface area contributed by atoms with Gasteiger partial charge in [0.1, 0.15) is 0 Å². The molecule has 0 saturated carbocycles. The molecule has 0 aromatic rings. The lowest BCUT2D eigenvalue weighted by molar-refractivity contribution is -0.275. The molecule has 0 atom stereocenters. The van der Waals surface area contributed by atoms with Crippen molar-refractivity contribution >= 4 is 11.8 Å². The van der Waals surface area contributed by atoms with E-state index < -0.39 is 12.1 Å². The Bertz CT molecular complexity index is 105. The van der Waals surface area contributed by atoms with Crippen LogP contribution in [-0.2, 0) is 0 Å². The molecule has 0 unspecified atom stereocenters. The van der Waals surface area contributed by atoms with Gasteiger partial charge >= 0.3 is 0 Å². The minimum Gasteiger partial charge on any atom is -0.364 e. The third-order valence-electron chi connectivity index (χ3n) is 1.08. The number of aliphatic hydroxyl groups is 4. The van der Waals surface area contributed by atoms with Crippen molar-refractivity contribution in [3.05, 3.63) is 0 Å². The Morgan fingerprint density at radius 2 is 1.91 bits per heavy atom. The monoisotopic (exact) mass is 182 g/mol. The van der Waals surface area contributed by atoms with E-state index in [0.29, 0.717) is 0 Å². The van der Waals surface area contributed by atoms with Crippen molar-refractivity contribution in [3.63, 3.8) is 0 Å². The Balaban J connectivity index is 3.55. The second kappa shape index (κ2) is 4.95. The second-order valence-electron chi connectivity index (χ2n) is 2.30. The van der Waals surface area contributed by atoms with Crippen LogP contribution in [0, 0.1) is 0 Å². The van der Waals surface area contributed by atoms with E-state index in [2.05, 4.69) is 0 Å². The summed E-state index contributed by atoms with van der Waals surface area (Å²) in [5.74, 6) is -1.69. The van der Waals surface area contributed by atoms with Crippen LogP contribution in [0.4, 0.5) is 0 Å². The first-order chi connectivity index (χ1) is 5.00. The average Bonchev–Trinajstić information content (AvgIpc) is 1.88. The van der Waals surface area contributed by atoms with Crippen molar-refractivity contribution in [1.29, 1.82) is 0 Å². The summed E-state index contributed by atoms with van der Waals surface area (Å²) in [4.78, 5) is 0. The van der Waals surface area contributed by atoms with E-state index in [-0.39, 0.29) is 5.75 Å². The second-order valence-corrected chi connectivity index (χ2v) is 3.41. The maximum atomic E-state index is 8.85. The van der Waals surface area contributed by atoms with Gasteiger partial charge in [-0.05, 0) is 12.2 Å². The fraction of sp³-hybridized carbons (Fsp3) is 1.00. The fourth-order valence-electron chi connectivity index (χ4n) is 0.441. The molecule has 0 radical (unpaired) electrons. The molecule has 0 spiro atoms. The summed E-state index contributed by atoms with van der Waals surface area (Å²) in [7, 11) is 0. The predicted molar refractivity (Wildman–Crippen MR) is 43.0 cm³/mol. The summed E-state index contributed by atoms with van der Waals surface area (Å²) in [6.45, 7) is 1.96. The average molecular weight is 182 g/mol. The van der Waals surface area contributed by atoms with Crippen molar-refractivity contribution in [3.8, 4) is 0 Å². The minimum atomic E-state index is -2.38. The van der Waals surface area contributed by atoms with Gasteiger partial charge in [0.2, 0.25) is 12.1 Å². The van der Waals surface area contributed by atoms with Crippen LogP contribution in [0.1, 0.15) is 13.3 Å². The van der Waals surface area contributed by atoms with Gasteiger partial charge in [-0.1, -0.05) is 6.92 Å². The van der Waals surface area contributed by atoms with Crippen LogP contribution >= 0.6 is 11.8 Å². The van der Waals surface area contributed by atoms with Gasteiger partial charge in [-0.25, -0.2) is 0 Å². The van der Waals surface area contributed by atoms with Crippen molar-refractivity contribution in [2.75, 3.05) is 11.5 Å². The molecule has 0 aliphatic heterocycles. The first-order valence-corrected chi connectivity index (χ1v) is 4.54. The Morgan fingerprint density at radius 3 is 2.27 bits per heavy atom. The van der Waals surface area contributed by atoms with Crippen LogP contribution in [0.25, 0.3) is 0 Å². The van der Waals surface area contributed by atoms with Crippen LogP contribution < -0.4 is 0 Å². The molecule has 0 bridgehead atoms. The summed E-state index contributed by atoms with van der Waals surface area (Å²) in [6.07, 6.45) is -1.17. The molecule has 0 saturated heterocycles. The van der Waals surface area contributed by atoms with E-state index in [1.54, 1.807) is 0 Å². The highest BCUT2D eigenvalue weighted by Gasteiger charge is 2.31. The first-order valence-electron chi connectivity index (χ1n) is 3.39. The van der Waals surface area contributed by atoms with Gasteiger partial charge in [-0.15, -0.1) is 0 Å². The van der Waals surface area contributed by atoms with Crippen LogP contribution in [0.15, 0.2) is 0 Å².